The smallest absolute Gasteiger partial charge is 0.258 e. The minimum Gasteiger partial charge on any atom is -0.338 e. The third-order valence-corrected chi connectivity index (χ3v) is 4.69. The van der Waals surface area contributed by atoms with Crippen LogP contribution in [-0.2, 0) is 4.79 Å². The first-order valence-corrected chi connectivity index (χ1v) is 8.53. The Hall–Kier alpha value is -2.40. The molecule has 0 radical (unpaired) electrons. The lowest BCUT2D eigenvalue weighted by Crippen LogP contribution is -2.41. The molecule has 0 aromatic heterocycles. The lowest BCUT2D eigenvalue weighted by molar-refractivity contribution is -0.121. The first kappa shape index (κ1) is 17.4. The average Bonchev–Trinajstić information content (AvgIpc) is 2.62. The van der Waals surface area contributed by atoms with E-state index >= 15 is 0 Å². The fourth-order valence-corrected chi connectivity index (χ4v) is 3.21. The van der Waals surface area contributed by atoms with Crippen molar-refractivity contribution in [1.29, 1.82) is 0 Å². The van der Waals surface area contributed by atoms with Crippen molar-refractivity contribution < 1.29 is 14.0 Å². The summed E-state index contributed by atoms with van der Waals surface area (Å²) in [4.78, 5) is 26.4. The van der Waals surface area contributed by atoms with Gasteiger partial charge in [0.15, 0.2) is 0 Å². The Labute approximate surface area is 150 Å². The monoisotopic (exact) mass is 360 g/mol. The van der Waals surface area contributed by atoms with Crippen molar-refractivity contribution in [3.05, 3.63) is 64.9 Å². The van der Waals surface area contributed by atoms with Crippen molar-refractivity contribution in [2.24, 2.45) is 5.92 Å². The van der Waals surface area contributed by atoms with Crippen LogP contribution in [0.1, 0.15) is 23.2 Å². The molecule has 2 aromatic rings. The van der Waals surface area contributed by atoms with E-state index in [-0.39, 0.29) is 22.4 Å². The van der Waals surface area contributed by atoms with Gasteiger partial charge in [0.1, 0.15) is 5.82 Å². The topological polar surface area (TPSA) is 49.4 Å². The molecule has 2 amide bonds. The zero-order chi connectivity index (χ0) is 17.8. The summed E-state index contributed by atoms with van der Waals surface area (Å²) >= 11 is 5.96. The van der Waals surface area contributed by atoms with E-state index in [0.29, 0.717) is 25.9 Å². The predicted octanol–water partition coefficient (Wildman–Crippen LogP) is 3.97. The number of piperidine rings is 1. The molecular weight excluding hydrogens is 343 g/mol. The molecule has 3 rings (SSSR count). The largest absolute Gasteiger partial charge is 0.338 e. The van der Waals surface area contributed by atoms with Gasteiger partial charge >= 0.3 is 0 Å². The maximum absolute atomic E-state index is 13.9. The zero-order valence-corrected chi connectivity index (χ0v) is 14.3. The summed E-state index contributed by atoms with van der Waals surface area (Å²) in [6.45, 7) is 0.798. The van der Waals surface area contributed by atoms with Crippen molar-refractivity contribution in [3.63, 3.8) is 0 Å². The van der Waals surface area contributed by atoms with Gasteiger partial charge in [0.25, 0.3) is 5.91 Å². The molecule has 1 heterocycles. The minimum absolute atomic E-state index is 0.0535. The highest BCUT2D eigenvalue weighted by Crippen LogP contribution is 2.25. The van der Waals surface area contributed by atoms with E-state index < -0.39 is 11.7 Å². The molecule has 2 aromatic carbocycles. The van der Waals surface area contributed by atoms with Crippen LogP contribution in [0.3, 0.4) is 0 Å². The maximum Gasteiger partial charge on any atom is 0.258 e. The van der Waals surface area contributed by atoms with Gasteiger partial charge in [0, 0.05) is 24.7 Å². The van der Waals surface area contributed by atoms with Gasteiger partial charge in [-0.3, -0.25) is 9.59 Å². The number of hydrogen-bond acceptors (Lipinski definition) is 2. The van der Waals surface area contributed by atoms with E-state index in [4.69, 9.17) is 11.6 Å². The molecular formula is C19H18ClFN2O2. The van der Waals surface area contributed by atoms with Gasteiger partial charge in [-0.05, 0) is 37.1 Å². The van der Waals surface area contributed by atoms with E-state index in [1.807, 2.05) is 30.3 Å². The highest BCUT2D eigenvalue weighted by atomic mass is 35.5. The summed E-state index contributed by atoms with van der Waals surface area (Å²) in [5, 5.41) is 2.99. The number of carbonyl (C=O) groups excluding carboxylic acids is 2. The second-order valence-electron chi connectivity index (χ2n) is 6.02. The first-order valence-electron chi connectivity index (χ1n) is 8.15. The summed E-state index contributed by atoms with van der Waals surface area (Å²) in [6.07, 6.45) is 1.08. The van der Waals surface area contributed by atoms with Crippen LogP contribution in [0.4, 0.5) is 10.1 Å². The molecule has 25 heavy (non-hydrogen) atoms. The number of rotatable bonds is 3. The Balaban J connectivity index is 1.60. The first-order chi connectivity index (χ1) is 12.1. The molecule has 1 fully saturated rings. The van der Waals surface area contributed by atoms with Gasteiger partial charge in [-0.1, -0.05) is 35.9 Å². The second kappa shape index (κ2) is 7.66. The summed E-state index contributed by atoms with van der Waals surface area (Å²) < 4.78 is 13.9. The van der Waals surface area contributed by atoms with Gasteiger partial charge in [-0.15, -0.1) is 0 Å². The van der Waals surface area contributed by atoms with Crippen molar-refractivity contribution in [2.75, 3.05) is 18.4 Å². The predicted molar refractivity (Wildman–Crippen MR) is 95.1 cm³/mol. The Kier molecular flexibility index (Phi) is 5.34. The molecule has 1 aliphatic rings. The van der Waals surface area contributed by atoms with E-state index in [9.17, 15) is 14.0 Å². The molecule has 0 spiro atoms. The highest BCUT2D eigenvalue weighted by Gasteiger charge is 2.29. The van der Waals surface area contributed by atoms with E-state index in [1.54, 1.807) is 4.90 Å². The van der Waals surface area contributed by atoms with Gasteiger partial charge in [-0.2, -0.15) is 0 Å². The molecule has 0 aliphatic carbocycles. The fourth-order valence-electron chi connectivity index (χ4n) is 2.97. The lowest BCUT2D eigenvalue weighted by Gasteiger charge is -2.31. The van der Waals surface area contributed by atoms with Crippen LogP contribution in [0.2, 0.25) is 5.02 Å². The van der Waals surface area contributed by atoms with Gasteiger partial charge < -0.3 is 10.2 Å². The zero-order valence-electron chi connectivity index (χ0n) is 13.5. The fraction of sp³-hybridized carbons (Fsp3) is 0.263. The molecule has 130 valence electrons. The van der Waals surface area contributed by atoms with Crippen LogP contribution >= 0.6 is 11.6 Å². The molecule has 1 aliphatic heterocycles. The number of likely N-dealkylation sites (tertiary alicyclic amines) is 1. The average molecular weight is 361 g/mol. The summed E-state index contributed by atoms with van der Waals surface area (Å²) in [7, 11) is 0. The summed E-state index contributed by atoms with van der Waals surface area (Å²) in [6, 6.07) is 13.4. The number of benzene rings is 2. The maximum atomic E-state index is 13.9. The number of nitrogens with zero attached hydrogens (tertiary/aromatic N) is 1. The van der Waals surface area contributed by atoms with E-state index in [2.05, 4.69) is 5.32 Å². The molecule has 0 unspecified atom stereocenters. The summed E-state index contributed by atoms with van der Waals surface area (Å²) in [5.41, 5.74) is 0.653. The van der Waals surface area contributed by atoms with E-state index in [0.717, 1.165) is 5.69 Å². The number of carbonyl (C=O) groups is 2. The number of anilines is 1. The Morgan fingerprint density at radius 2 is 1.72 bits per heavy atom. The molecule has 1 saturated heterocycles. The van der Waals surface area contributed by atoms with Crippen molar-refractivity contribution in [1.82, 2.24) is 4.90 Å². The van der Waals surface area contributed by atoms with Gasteiger partial charge in [-0.25, -0.2) is 4.39 Å². The number of nitrogens with one attached hydrogen (secondary N) is 1. The van der Waals surface area contributed by atoms with Crippen LogP contribution in [0.5, 0.6) is 0 Å². The van der Waals surface area contributed by atoms with Gasteiger partial charge in [0.2, 0.25) is 5.91 Å². The SMILES string of the molecule is O=C(Nc1ccccc1)C1CCN(C(=O)c2c(F)cccc2Cl)CC1. The normalized spacial score (nSPS) is 15.0. The lowest BCUT2D eigenvalue weighted by atomic mass is 9.95. The Morgan fingerprint density at radius 1 is 1.04 bits per heavy atom. The standard InChI is InChI=1S/C19H18ClFN2O2/c20-15-7-4-8-16(21)17(15)19(25)23-11-9-13(10-12-23)18(24)22-14-5-2-1-3-6-14/h1-8,13H,9-12H2,(H,22,24). The highest BCUT2D eigenvalue weighted by molar-refractivity contribution is 6.33. The molecule has 6 heteroatoms. The van der Waals surface area contributed by atoms with Crippen molar-refractivity contribution in [3.8, 4) is 0 Å². The second-order valence-corrected chi connectivity index (χ2v) is 6.43. The Morgan fingerprint density at radius 3 is 2.36 bits per heavy atom. The van der Waals surface area contributed by atoms with Crippen LogP contribution in [-0.4, -0.2) is 29.8 Å². The molecule has 0 saturated carbocycles. The number of halogens is 2. The van der Waals surface area contributed by atoms with Crippen LogP contribution in [0.15, 0.2) is 48.5 Å². The number of para-hydroxylation sites is 1. The minimum atomic E-state index is -0.624. The quantitative estimate of drug-likeness (QED) is 0.900. The number of amides is 2. The van der Waals surface area contributed by atoms with Crippen LogP contribution < -0.4 is 5.32 Å². The van der Waals surface area contributed by atoms with Crippen molar-refractivity contribution >= 4 is 29.1 Å². The number of hydrogen-bond donors (Lipinski definition) is 1. The summed E-state index contributed by atoms with van der Waals surface area (Å²) in [5.74, 6) is -1.27. The van der Waals surface area contributed by atoms with Crippen LogP contribution in [0.25, 0.3) is 0 Å². The molecule has 0 bridgehead atoms. The molecule has 4 nitrogen and oxygen atoms in total. The van der Waals surface area contributed by atoms with Gasteiger partial charge in [0.05, 0.1) is 10.6 Å². The Bertz CT molecular complexity index is 754. The third-order valence-electron chi connectivity index (χ3n) is 4.37. The molecule has 0 atom stereocenters. The third kappa shape index (κ3) is 3.99. The van der Waals surface area contributed by atoms with Crippen molar-refractivity contribution in [2.45, 2.75) is 12.8 Å². The van der Waals surface area contributed by atoms with E-state index in [1.165, 1.54) is 18.2 Å². The van der Waals surface area contributed by atoms with Crippen LogP contribution in [0, 0.1) is 11.7 Å². The molecule has 1 N–H and O–H groups in total.